The minimum atomic E-state index is -0.735. The largest absolute Gasteiger partial charge is 0.462 e. The SMILES string of the molecule is CC1=C[C@H]2O[C@@H]3C[C@H]4OC(=O)/C=C\C=C\[C@@H]([C@H](C)O)OCC/C(C)=C/C(=O)OC[C@@]2(CC1)[C@]4(C)[C@]31CO1. The molecule has 0 aromatic heterocycles. The second-order valence-electron chi connectivity index (χ2n) is 11.4. The van der Waals surface area contributed by atoms with Gasteiger partial charge < -0.3 is 28.8 Å². The summed E-state index contributed by atoms with van der Waals surface area (Å²) >= 11 is 0. The molecule has 8 nitrogen and oxygen atoms in total. The van der Waals surface area contributed by atoms with E-state index in [0.29, 0.717) is 26.1 Å². The molecule has 2 aliphatic carbocycles. The lowest BCUT2D eigenvalue weighted by Gasteiger charge is -2.58. The van der Waals surface area contributed by atoms with Crippen LogP contribution in [0.15, 0.2) is 47.6 Å². The minimum absolute atomic E-state index is 0.144. The highest BCUT2D eigenvalue weighted by Gasteiger charge is 2.83. The van der Waals surface area contributed by atoms with Crippen LogP contribution in [0, 0.1) is 10.8 Å². The first-order valence-corrected chi connectivity index (χ1v) is 13.3. The van der Waals surface area contributed by atoms with Gasteiger partial charge in [-0.15, -0.1) is 0 Å². The molecular weight excluding hydrogens is 476 g/mol. The Hall–Kier alpha value is -2.26. The molecule has 3 heterocycles. The zero-order valence-electron chi connectivity index (χ0n) is 22.1. The first-order valence-electron chi connectivity index (χ1n) is 13.3. The Morgan fingerprint density at radius 3 is 2.57 bits per heavy atom. The summed E-state index contributed by atoms with van der Waals surface area (Å²) in [6.07, 6.45) is 10.5. The van der Waals surface area contributed by atoms with E-state index >= 15 is 0 Å². The van der Waals surface area contributed by atoms with Crippen molar-refractivity contribution in [3.63, 3.8) is 0 Å². The molecule has 2 saturated heterocycles. The predicted molar refractivity (Wildman–Crippen MR) is 134 cm³/mol. The van der Waals surface area contributed by atoms with Gasteiger partial charge in [-0.2, -0.15) is 0 Å². The maximum atomic E-state index is 12.9. The summed E-state index contributed by atoms with van der Waals surface area (Å²) in [5, 5.41) is 10.0. The molecule has 5 rings (SSSR count). The molecule has 3 aliphatic heterocycles. The van der Waals surface area contributed by atoms with Crippen LogP contribution in [0.25, 0.3) is 0 Å². The molecule has 2 bridgehead atoms. The Labute approximate surface area is 218 Å². The number of cyclic esters (lactones) is 1. The number of hydrogen-bond acceptors (Lipinski definition) is 8. The van der Waals surface area contributed by atoms with Crippen LogP contribution in [0.2, 0.25) is 0 Å². The number of allylic oxidation sites excluding steroid dienone is 3. The molecule has 0 radical (unpaired) electrons. The van der Waals surface area contributed by atoms with Gasteiger partial charge in [0.2, 0.25) is 0 Å². The van der Waals surface area contributed by atoms with Crippen molar-refractivity contribution in [1.29, 1.82) is 0 Å². The standard InChI is InChI=1S/C29H38O8/c1-18-9-11-28-16-34-26(32)14-19(2)10-12-33-21(20(3)30)7-5-6-8-25(31)37-22-15-24(36-23(28)13-18)29(17-35-29)27(22,28)4/h5-8,13-14,20-24,30H,9-12,15-17H2,1-4H3/b7-5+,8-6-,19-14+/t20-,21-,22+,23+,24+,27+,28+,29-/m0/s1. The smallest absolute Gasteiger partial charge is 0.331 e. The summed E-state index contributed by atoms with van der Waals surface area (Å²) in [6.45, 7) is 8.73. The van der Waals surface area contributed by atoms with Crippen LogP contribution in [-0.4, -0.2) is 73.0 Å². The van der Waals surface area contributed by atoms with Crippen molar-refractivity contribution >= 4 is 11.9 Å². The van der Waals surface area contributed by atoms with Crippen LogP contribution in [-0.2, 0) is 33.3 Å². The van der Waals surface area contributed by atoms with Gasteiger partial charge in [0.05, 0.1) is 36.9 Å². The molecule has 0 amide bonds. The summed E-state index contributed by atoms with van der Waals surface area (Å²) in [4.78, 5) is 25.9. The lowest BCUT2D eigenvalue weighted by Crippen LogP contribution is -2.66. The maximum absolute atomic E-state index is 12.9. The van der Waals surface area contributed by atoms with Crippen molar-refractivity contribution in [2.45, 2.75) is 89.5 Å². The topological polar surface area (TPSA) is 104 Å². The van der Waals surface area contributed by atoms with Gasteiger partial charge in [0.1, 0.15) is 24.4 Å². The number of rotatable bonds is 1. The molecule has 37 heavy (non-hydrogen) atoms. The number of carbonyl (C=O) groups is 2. The van der Waals surface area contributed by atoms with E-state index < -0.39 is 46.7 Å². The number of aliphatic hydroxyl groups is 1. The van der Waals surface area contributed by atoms with Crippen molar-refractivity contribution in [2.24, 2.45) is 10.8 Å². The van der Waals surface area contributed by atoms with E-state index in [1.807, 2.05) is 6.92 Å². The van der Waals surface area contributed by atoms with Crippen LogP contribution < -0.4 is 0 Å². The van der Waals surface area contributed by atoms with Crippen molar-refractivity contribution in [1.82, 2.24) is 0 Å². The Balaban J connectivity index is 1.51. The first kappa shape index (κ1) is 26.4. The van der Waals surface area contributed by atoms with E-state index in [1.54, 1.807) is 25.2 Å². The van der Waals surface area contributed by atoms with Gasteiger partial charge in [-0.25, -0.2) is 9.59 Å². The third-order valence-corrected chi connectivity index (χ3v) is 9.24. The molecule has 2 spiro atoms. The summed E-state index contributed by atoms with van der Waals surface area (Å²) in [5.41, 5.74) is 0.318. The molecule has 5 aliphatic rings. The fourth-order valence-electron chi connectivity index (χ4n) is 6.85. The van der Waals surface area contributed by atoms with Crippen molar-refractivity contribution in [3.05, 3.63) is 47.6 Å². The molecule has 8 atom stereocenters. The minimum Gasteiger partial charge on any atom is -0.462 e. The monoisotopic (exact) mass is 514 g/mol. The number of esters is 2. The Kier molecular flexibility index (Phi) is 6.98. The van der Waals surface area contributed by atoms with Crippen molar-refractivity contribution in [2.75, 3.05) is 19.8 Å². The number of epoxide rings is 1. The third kappa shape index (κ3) is 4.42. The molecular formula is C29H38O8. The van der Waals surface area contributed by atoms with Gasteiger partial charge in [-0.1, -0.05) is 42.4 Å². The Bertz CT molecular complexity index is 1050. The molecule has 202 valence electrons. The highest BCUT2D eigenvalue weighted by molar-refractivity contribution is 5.83. The fraction of sp³-hybridized carbons (Fsp3) is 0.655. The predicted octanol–water partition coefficient (Wildman–Crippen LogP) is 3.34. The van der Waals surface area contributed by atoms with Crippen LogP contribution in [0.4, 0.5) is 0 Å². The fourth-order valence-corrected chi connectivity index (χ4v) is 6.85. The van der Waals surface area contributed by atoms with Gasteiger partial charge in [0.25, 0.3) is 0 Å². The van der Waals surface area contributed by atoms with E-state index in [4.69, 9.17) is 23.7 Å². The highest BCUT2D eigenvalue weighted by atomic mass is 16.6. The van der Waals surface area contributed by atoms with E-state index in [2.05, 4.69) is 19.9 Å². The maximum Gasteiger partial charge on any atom is 0.331 e. The highest BCUT2D eigenvalue weighted by Crippen LogP contribution is 2.72. The molecule has 1 saturated carbocycles. The second kappa shape index (κ2) is 9.80. The van der Waals surface area contributed by atoms with E-state index in [1.165, 1.54) is 17.7 Å². The Morgan fingerprint density at radius 2 is 1.84 bits per heavy atom. The number of aliphatic hydroxyl groups excluding tert-OH is 1. The van der Waals surface area contributed by atoms with E-state index in [9.17, 15) is 14.7 Å². The molecule has 1 N–H and O–H groups in total. The van der Waals surface area contributed by atoms with Gasteiger partial charge in [-0.3, -0.25) is 0 Å². The van der Waals surface area contributed by atoms with Crippen LogP contribution in [0.3, 0.4) is 0 Å². The first-order chi connectivity index (χ1) is 17.6. The van der Waals surface area contributed by atoms with Gasteiger partial charge >= 0.3 is 11.9 Å². The normalized spacial score (nSPS) is 46.2. The summed E-state index contributed by atoms with van der Waals surface area (Å²) in [5.74, 6) is -0.879. The lowest BCUT2D eigenvalue weighted by molar-refractivity contribution is -0.232. The molecule has 0 aromatic rings. The molecule has 0 aromatic carbocycles. The number of ether oxygens (including phenoxy) is 5. The summed E-state index contributed by atoms with van der Waals surface area (Å²) < 4.78 is 30.6. The van der Waals surface area contributed by atoms with E-state index in [-0.39, 0.29) is 18.8 Å². The van der Waals surface area contributed by atoms with Crippen molar-refractivity contribution < 1.29 is 38.4 Å². The average Bonchev–Trinajstić information content (AvgIpc) is 3.61. The van der Waals surface area contributed by atoms with Crippen molar-refractivity contribution in [3.8, 4) is 0 Å². The third-order valence-electron chi connectivity index (χ3n) is 9.24. The molecule has 3 fully saturated rings. The van der Waals surface area contributed by atoms with Gasteiger partial charge in [0.15, 0.2) is 0 Å². The van der Waals surface area contributed by atoms with Gasteiger partial charge in [-0.05, 0) is 40.0 Å². The molecule has 8 heteroatoms. The van der Waals surface area contributed by atoms with E-state index in [0.717, 1.165) is 18.4 Å². The zero-order valence-corrected chi connectivity index (χ0v) is 22.1. The summed E-state index contributed by atoms with van der Waals surface area (Å²) in [6, 6.07) is 0. The lowest BCUT2D eigenvalue weighted by atomic mass is 9.51. The van der Waals surface area contributed by atoms with Crippen LogP contribution in [0.1, 0.15) is 53.4 Å². The second-order valence-corrected chi connectivity index (χ2v) is 11.4. The van der Waals surface area contributed by atoms with Gasteiger partial charge in [0, 0.05) is 24.0 Å². The van der Waals surface area contributed by atoms with Crippen LogP contribution in [0.5, 0.6) is 0 Å². The van der Waals surface area contributed by atoms with Crippen LogP contribution >= 0.6 is 0 Å². The molecule has 0 unspecified atom stereocenters. The zero-order chi connectivity index (χ0) is 26.4. The average molecular weight is 515 g/mol. The number of hydrogen-bond donors (Lipinski definition) is 1. The quantitative estimate of drug-likeness (QED) is 0.323. The summed E-state index contributed by atoms with van der Waals surface area (Å²) in [7, 11) is 0. The Morgan fingerprint density at radius 1 is 1.05 bits per heavy atom. The number of carbonyl (C=O) groups excluding carboxylic acids is 2.